The number of hydrogen-bond donors (Lipinski definition) is 1. The fraction of sp³-hybridized carbons (Fsp3) is 0.652. The molecular weight excluding hydrogens is 334 g/mol. The smallest absolute Gasteiger partial charge is 0.278 e. The van der Waals surface area contributed by atoms with E-state index in [0.29, 0.717) is 19.5 Å². The number of amides is 1. The summed E-state index contributed by atoms with van der Waals surface area (Å²) in [4.78, 5) is 15.4. The summed E-state index contributed by atoms with van der Waals surface area (Å²) >= 11 is 0. The number of quaternary nitrogens is 1. The lowest BCUT2D eigenvalue weighted by atomic mass is 9.52. The first-order valence-electron chi connectivity index (χ1n) is 10.7. The van der Waals surface area contributed by atoms with Crippen LogP contribution in [0.25, 0.3) is 0 Å². The van der Waals surface area contributed by atoms with Gasteiger partial charge in [0.15, 0.2) is 6.54 Å². The summed E-state index contributed by atoms with van der Waals surface area (Å²) in [5, 5.41) is 11.3. The van der Waals surface area contributed by atoms with Crippen molar-refractivity contribution in [3.8, 4) is 6.07 Å². The van der Waals surface area contributed by atoms with E-state index in [0.717, 1.165) is 17.8 Å². The monoisotopic (exact) mass is 366 g/mol. The molecule has 5 rings (SSSR count). The van der Waals surface area contributed by atoms with Crippen LogP contribution in [0.1, 0.15) is 63.5 Å². The highest BCUT2D eigenvalue weighted by molar-refractivity contribution is 5.78. The molecule has 4 aliphatic carbocycles. The Morgan fingerprint density at radius 1 is 1.19 bits per heavy atom. The second-order valence-corrected chi connectivity index (χ2v) is 9.23. The average molecular weight is 367 g/mol. The van der Waals surface area contributed by atoms with Crippen LogP contribution in [-0.4, -0.2) is 29.4 Å². The highest BCUT2D eigenvalue weighted by Gasteiger charge is 2.54. The van der Waals surface area contributed by atoms with Gasteiger partial charge in [-0.2, -0.15) is 5.26 Å². The van der Waals surface area contributed by atoms with Crippen LogP contribution >= 0.6 is 0 Å². The first kappa shape index (κ1) is 18.5. The number of nitriles is 1. The Hall–Kier alpha value is -1.86. The molecule has 4 saturated carbocycles. The summed E-state index contributed by atoms with van der Waals surface area (Å²) < 4.78 is 0. The molecule has 1 aromatic rings. The van der Waals surface area contributed by atoms with E-state index in [4.69, 9.17) is 5.26 Å². The quantitative estimate of drug-likeness (QED) is 0.806. The van der Waals surface area contributed by atoms with Gasteiger partial charge in [0.05, 0.1) is 12.5 Å². The standard InChI is InChI=1S/C23H31N3O/c1-17(21-6-3-2-4-7-21)25-16-22(27)26(9-5-8-24)23-13-18-10-19(14-23)12-20(11-18)15-23/h2-4,6-7,17-20,25H,5,9-16H2,1H3/p+1/t17-,18?,19?,20?,23?/m1/s1. The van der Waals surface area contributed by atoms with Crippen molar-refractivity contribution in [2.24, 2.45) is 17.8 Å². The molecule has 0 heterocycles. The van der Waals surface area contributed by atoms with Gasteiger partial charge < -0.3 is 10.2 Å². The summed E-state index contributed by atoms with van der Waals surface area (Å²) in [7, 11) is 0. The van der Waals surface area contributed by atoms with E-state index < -0.39 is 0 Å². The van der Waals surface area contributed by atoms with Gasteiger partial charge in [0.1, 0.15) is 6.04 Å². The van der Waals surface area contributed by atoms with Gasteiger partial charge >= 0.3 is 0 Å². The Kier molecular flexibility index (Phi) is 5.23. The zero-order valence-electron chi connectivity index (χ0n) is 16.4. The van der Waals surface area contributed by atoms with Crippen LogP contribution < -0.4 is 5.32 Å². The lowest BCUT2D eigenvalue weighted by Crippen LogP contribution is -2.87. The number of carbonyl (C=O) groups is 1. The molecule has 0 saturated heterocycles. The van der Waals surface area contributed by atoms with Crippen LogP contribution in [0.2, 0.25) is 0 Å². The van der Waals surface area contributed by atoms with E-state index in [1.165, 1.54) is 44.1 Å². The number of benzene rings is 1. The molecular formula is C23H32N3O+. The Labute approximate surface area is 162 Å². The van der Waals surface area contributed by atoms with E-state index >= 15 is 0 Å². The molecule has 4 heteroatoms. The molecule has 0 aliphatic heterocycles. The largest absolute Gasteiger partial charge is 0.333 e. The van der Waals surface area contributed by atoms with Crippen LogP contribution in [0.4, 0.5) is 0 Å². The highest BCUT2D eigenvalue weighted by atomic mass is 16.2. The van der Waals surface area contributed by atoms with Crippen molar-refractivity contribution in [3.05, 3.63) is 35.9 Å². The van der Waals surface area contributed by atoms with E-state index in [9.17, 15) is 4.79 Å². The maximum atomic E-state index is 13.3. The van der Waals surface area contributed by atoms with Crippen molar-refractivity contribution in [2.45, 2.75) is 63.5 Å². The molecule has 4 nitrogen and oxygen atoms in total. The third-order valence-electron chi connectivity index (χ3n) is 7.30. The Balaban J connectivity index is 1.45. The number of nitrogens with zero attached hydrogens (tertiary/aromatic N) is 2. The van der Waals surface area contributed by atoms with E-state index in [1.807, 2.05) is 6.07 Å². The van der Waals surface area contributed by atoms with Gasteiger partial charge in [-0.3, -0.25) is 4.79 Å². The van der Waals surface area contributed by atoms with Crippen molar-refractivity contribution in [3.63, 3.8) is 0 Å². The molecule has 1 aromatic carbocycles. The second kappa shape index (κ2) is 7.64. The van der Waals surface area contributed by atoms with E-state index in [1.54, 1.807) is 0 Å². The van der Waals surface area contributed by atoms with Crippen LogP contribution in [-0.2, 0) is 4.79 Å². The van der Waals surface area contributed by atoms with Gasteiger partial charge in [0, 0.05) is 17.6 Å². The van der Waals surface area contributed by atoms with Crippen LogP contribution in [0.3, 0.4) is 0 Å². The van der Waals surface area contributed by atoms with Gasteiger partial charge in [-0.25, -0.2) is 0 Å². The number of rotatable bonds is 7. The second-order valence-electron chi connectivity index (χ2n) is 9.23. The fourth-order valence-corrected chi connectivity index (χ4v) is 6.46. The third kappa shape index (κ3) is 3.75. The van der Waals surface area contributed by atoms with Gasteiger partial charge in [0.25, 0.3) is 5.91 Å². The van der Waals surface area contributed by atoms with Crippen molar-refractivity contribution in [1.82, 2.24) is 4.90 Å². The van der Waals surface area contributed by atoms with Crippen LogP contribution in [0, 0.1) is 29.1 Å². The Morgan fingerprint density at radius 3 is 2.33 bits per heavy atom. The van der Waals surface area contributed by atoms with Crippen LogP contribution in [0.5, 0.6) is 0 Å². The summed E-state index contributed by atoms with van der Waals surface area (Å²) in [6.07, 6.45) is 8.07. The minimum atomic E-state index is 0.0481. The molecule has 4 aliphatic rings. The average Bonchev–Trinajstić information content (AvgIpc) is 2.66. The lowest BCUT2D eigenvalue weighted by Gasteiger charge is -2.60. The maximum Gasteiger partial charge on any atom is 0.278 e. The summed E-state index contributed by atoms with van der Waals surface area (Å²) in [5.41, 5.74) is 1.30. The molecule has 0 radical (unpaired) electrons. The molecule has 4 bridgehead atoms. The van der Waals surface area contributed by atoms with Gasteiger partial charge in [-0.1, -0.05) is 30.3 Å². The molecule has 0 unspecified atom stereocenters. The zero-order chi connectivity index (χ0) is 18.9. The predicted octanol–water partition coefficient (Wildman–Crippen LogP) is 3.02. The fourth-order valence-electron chi connectivity index (χ4n) is 6.46. The molecule has 0 aromatic heterocycles. The van der Waals surface area contributed by atoms with Crippen molar-refractivity contribution in [2.75, 3.05) is 13.1 Å². The first-order valence-corrected chi connectivity index (χ1v) is 10.7. The molecule has 2 N–H and O–H groups in total. The van der Waals surface area contributed by atoms with Gasteiger partial charge in [0.2, 0.25) is 0 Å². The Bertz CT molecular complexity index is 673. The molecule has 1 atom stereocenters. The number of hydrogen-bond acceptors (Lipinski definition) is 2. The summed E-state index contributed by atoms with van der Waals surface area (Å²) in [5.74, 6) is 2.65. The molecule has 1 amide bonds. The van der Waals surface area contributed by atoms with E-state index in [-0.39, 0.29) is 17.5 Å². The summed E-state index contributed by atoms with van der Waals surface area (Å²) in [6, 6.07) is 12.9. The molecule has 0 spiro atoms. The number of carbonyl (C=O) groups excluding carboxylic acids is 1. The lowest BCUT2D eigenvalue weighted by molar-refractivity contribution is -0.683. The zero-order valence-corrected chi connectivity index (χ0v) is 16.4. The maximum absolute atomic E-state index is 13.3. The van der Waals surface area contributed by atoms with E-state index in [2.05, 4.69) is 47.5 Å². The molecule has 144 valence electrons. The first-order chi connectivity index (χ1) is 13.1. The third-order valence-corrected chi connectivity index (χ3v) is 7.30. The predicted molar refractivity (Wildman–Crippen MR) is 104 cm³/mol. The minimum Gasteiger partial charge on any atom is -0.333 e. The van der Waals surface area contributed by atoms with Crippen LogP contribution in [0.15, 0.2) is 30.3 Å². The van der Waals surface area contributed by atoms with Crippen molar-refractivity contribution < 1.29 is 10.1 Å². The Morgan fingerprint density at radius 2 is 1.78 bits per heavy atom. The molecule has 4 fully saturated rings. The minimum absolute atomic E-state index is 0.0481. The number of nitrogens with two attached hydrogens (primary N) is 1. The topological polar surface area (TPSA) is 60.7 Å². The van der Waals surface area contributed by atoms with Crippen molar-refractivity contribution >= 4 is 5.91 Å². The molecule has 27 heavy (non-hydrogen) atoms. The summed E-state index contributed by atoms with van der Waals surface area (Å²) in [6.45, 7) is 3.24. The normalized spacial score (nSPS) is 32.1. The highest BCUT2D eigenvalue weighted by Crippen LogP contribution is 2.57. The van der Waals surface area contributed by atoms with Gasteiger partial charge in [-0.15, -0.1) is 0 Å². The van der Waals surface area contributed by atoms with Gasteiger partial charge in [-0.05, 0) is 63.2 Å². The van der Waals surface area contributed by atoms with Crippen molar-refractivity contribution in [1.29, 1.82) is 5.26 Å². The SMILES string of the molecule is C[C@@H]([NH2+]CC(=O)N(CCC#N)C12CC3CC(CC(C3)C1)C2)c1ccccc1.